The molecule has 0 saturated heterocycles. The predicted octanol–water partition coefficient (Wildman–Crippen LogP) is 1.09. The van der Waals surface area contributed by atoms with Crippen LogP contribution in [0.3, 0.4) is 0 Å². The summed E-state index contributed by atoms with van der Waals surface area (Å²) in [6.45, 7) is 0.806. The number of hydrogen-bond acceptors (Lipinski definition) is 5. The molecule has 0 bridgehead atoms. The Balaban J connectivity index is 2.67. The van der Waals surface area contributed by atoms with E-state index >= 15 is 0 Å². The Kier molecular flexibility index (Phi) is 3.95. The van der Waals surface area contributed by atoms with E-state index in [1.54, 1.807) is 19.2 Å². The number of methoxy groups -OCH3 is 1. The summed E-state index contributed by atoms with van der Waals surface area (Å²) in [5, 5.41) is 0.541. The molecule has 1 heterocycles. The Morgan fingerprint density at radius 1 is 1.56 bits per heavy atom. The van der Waals surface area contributed by atoms with Gasteiger partial charge in [-0.25, -0.2) is 10.8 Å². The third-order valence-corrected chi connectivity index (χ3v) is 3.06. The lowest BCUT2D eigenvalue weighted by atomic mass is 10.2. The molecule has 0 aliphatic heterocycles. The van der Waals surface area contributed by atoms with E-state index in [0.717, 1.165) is 4.47 Å². The number of hydrazine groups is 1. The van der Waals surface area contributed by atoms with Crippen LogP contribution < -0.4 is 16.8 Å². The minimum absolute atomic E-state index is 0.147. The highest BCUT2D eigenvalue weighted by Gasteiger charge is 2.10. The number of rotatable bonds is 4. The second-order valence-corrected chi connectivity index (χ2v) is 4.61. The zero-order valence-electron chi connectivity index (χ0n) is 9.81. The lowest BCUT2D eigenvalue weighted by Crippen LogP contribution is -2.28. The number of nitrogens with zero attached hydrogens (tertiary/aromatic N) is 2. The number of ether oxygens (including phenoxy) is 1. The maximum atomic E-state index is 12.3. The molecule has 2 aromatic rings. The third-order valence-electron chi connectivity index (χ3n) is 2.56. The second-order valence-electron chi connectivity index (χ2n) is 3.69. The van der Waals surface area contributed by atoms with Crippen LogP contribution in [0.2, 0.25) is 0 Å². The summed E-state index contributed by atoms with van der Waals surface area (Å²) in [5.41, 5.74) is 2.89. The average Bonchev–Trinajstić information content (AvgIpc) is 2.38. The van der Waals surface area contributed by atoms with Gasteiger partial charge in [0.1, 0.15) is 0 Å². The highest BCUT2D eigenvalue weighted by molar-refractivity contribution is 9.10. The van der Waals surface area contributed by atoms with Gasteiger partial charge in [-0.3, -0.25) is 14.8 Å². The second kappa shape index (κ2) is 5.47. The van der Waals surface area contributed by atoms with E-state index in [1.807, 2.05) is 6.07 Å². The first-order valence-electron chi connectivity index (χ1n) is 5.33. The number of nitrogen functional groups attached to an aromatic ring is 1. The zero-order chi connectivity index (χ0) is 13.1. The predicted molar refractivity (Wildman–Crippen MR) is 73.4 cm³/mol. The normalized spacial score (nSPS) is 10.8. The Morgan fingerprint density at radius 2 is 2.33 bits per heavy atom. The molecule has 96 valence electrons. The fourth-order valence-electron chi connectivity index (χ4n) is 1.69. The Labute approximate surface area is 112 Å². The molecule has 0 aliphatic rings. The van der Waals surface area contributed by atoms with Gasteiger partial charge in [-0.1, -0.05) is 15.9 Å². The summed E-state index contributed by atoms with van der Waals surface area (Å²) >= 11 is 3.34. The maximum absolute atomic E-state index is 12.3. The minimum atomic E-state index is -0.147. The van der Waals surface area contributed by atoms with Crippen molar-refractivity contribution in [3.63, 3.8) is 0 Å². The Hall–Kier alpha value is -1.44. The molecule has 18 heavy (non-hydrogen) atoms. The smallest absolute Gasteiger partial charge is 0.262 e. The van der Waals surface area contributed by atoms with Crippen molar-refractivity contribution >= 4 is 32.8 Å². The zero-order valence-corrected chi connectivity index (χ0v) is 11.4. The van der Waals surface area contributed by atoms with E-state index in [0.29, 0.717) is 30.0 Å². The van der Waals surface area contributed by atoms with Gasteiger partial charge in [0.15, 0.2) is 0 Å². The van der Waals surface area contributed by atoms with Crippen LogP contribution in [0.25, 0.3) is 10.9 Å². The van der Waals surface area contributed by atoms with Gasteiger partial charge in [-0.15, -0.1) is 0 Å². The maximum Gasteiger partial charge on any atom is 0.262 e. The molecule has 0 atom stereocenters. The van der Waals surface area contributed by atoms with Crippen molar-refractivity contribution in [1.82, 2.24) is 9.55 Å². The van der Waals surface area contributed by atoms with E-state index in [4.69, 9.17) is 10.6 Å². The summed E-state index contributed by atoms with van der Waals surface area (Å²) in [6.07, 6.45) is 0. The molecular weight excluding hydrogens is 300 g/mol. The summed E-state index contributed by atoms with van der Waals surface area (Å²) in [4.78, 5) is 16.6. The number of nitrogens with two attached hydrogens (primary N) is 1. The van der Waals surface area contributed by atoms with E-state index in [2.05, 4.69) is 26.3 Å². The molecule has 1 aromatic carbocycles. The standard InChI is InChI=1S/C11H13BrN4O2/c1-18-5-4-16-10(17)8-6-7(12)2-3-9(8)14-11(16)15-13/h2-3,6H,4-5,13H2,1H3,(H,14,15). The van der Waals surface area contributed by atoms with Gasteiger partial charge in [-0.05, 0) is 18.2 Å². The monoisotopic (exact) mass is 312 g/mol. The van der Waals surface area contributed by atoms with Crippen molar-refractivity contribution in [3.8, 4) is 0 Å². The van der Waals surface area contributed by atoms with Crippen LogP contribution in [0.5, 0.6) is 0 Å². The first kappa shape index (κ1) is 13.0. The van der Waals surface area contributed by atoms with Crippen LogP contribution in [0.1, 0.15) is 0 Å². The van der Waals surface area contributed by atoms with E-state index in [1.165, 1.54) is 4.57 Å². The van der Waals surface area contributed by atoms with Crippen LogP contribution in [0.4, 0.5) is 5.95 Å². The molecule has 3 N–H and O–H groups in total. The van der Waals surface area contributed by atoms with Crippen LogP contribution in [0.15, 0.2) is 27.5 Å². The average molecular weight is 313 g/mol. The van der Waals surface area contributed by atoms with Crippen molar-refractivity contribution in [1.29, 1.82) is 0 Å². The van der Waals surface area contributed by atoms with Crippen LogP contribution in [0, 0.1) is 0 Å². The van der Waals surface area contributed by atoms with E-state index in [9.17, 15) is 4.79 Å². The van der Waals surface area contributed by atoms with Crippen LogP contribution in [-0.4, -0.2) is 23.3 Å². The van der Waals surface area contributed by atoms with Crippen molar-refractivity contribution in [2.45, 2.75) is 6.54 Å². The molecule has 0 radical (unpaired) electrons. The quantitative estimate of drug-likeness (QED) is 0.652. The van der Waals surface area contributed by atoms with Gasteiger partial charge in [0, 0.05) is 11.6 Å². The number of fused-ring (bicyclic) bond motifs is 1. The van der Waals surface area contributed by atoms with Crippen molar-refractivity contribution in [2.24, 2.45) is 5.84 Å². The number of halogens is 1. The fraction of sp³-hybridized carbons (Fsp3) is 0.273. The van der Waals surface area contributed by atoms with Crippen molar-refractivity contribution in [3.05, 3.63) is 33.0 Å². The largest absolute Gasteiger partial charge is 0.383 e. The van der Waals surface area contributed by atoms with Crippen molar-refractivity contribution in [2.75, 3.05) is 19.1 Å². The highest BCUT2D eigenvalue weighted by Crippen LogP contribution is 2.16. The number of benzene rings is 1. The lowest BCUT2D eigenvalue weighted by molar-refractivity contribution is 0.186. The van der Waals surface area contributed by atoms with Crippen LogP contribution in [-0.2, 0) is 11.3 Å². The van der Waals surface area contributed by atoms with Crippen LogP contribution >= 0.6 is 15.9 Å². The van der Waals surface area contributed by atoms with E-state index in [-0.39, 0.29) is 5.56 Å². The molecule has 0 amide bonds. The number of nitrogens with one attached hydrogen (secondary N) is 1. The number of anilines is 1. The van der Waals surface area contributed by atoms with Crippen molar-refractivity contribution < 1.29 is 4.74 Å². The molecule has 2 rings (SSSR count). The van der Waals surface area contributed by atoms with Gasteiger partial charge < -0.3 is 4.74 Å². The molecular formula is C11H13BrN4O2. The van der Waals surface area contributed by atoms with Gasteiger partial charge in [0.25, 0.3) is 5.56 Å². The first-order chi connectivity index (χ1) is 8.67. The topological polar surface area (TPSA) is 82.2 Å². The molecule has 0 aliphatic carbocycles. The summed E-state index contributed by atoms with van der Waals surface area (Å²) in [6, 6.07) is 5.34. The van der Waals surface area contributed by atoms with Gasteiger partial charge >= 0.3 is 0 Å². The fourth-order valence-corrected chi connectivity index (χ4v) is 2.05. The molecule has 1 aromatic heterocycles. The molecule has 6 nitrogen and oxygen atoms in total. The molecule has 0 spiro atoms. The number of hydrogen-bond donors (Lipinski definition) is 2. The molecule has 0 fully saturated rings. The first-order valence-corrected chi connectivity index (χ1v) is 6.12. The SMILES string of the molecule is COCCn1c(NN)nc2ccc(Br)cc2c1=O. The summed E-state index contributed by atoms with van der Waals surface area (Å²) in [7, 11) is 1.58. The Morgan fingerprint density at radius 3 is 3.00 bits per heavy atom. The van der Waals surface area contributed by atoms with E-state index < -0.39 is 0 Å². The Bertz CT molecular complexity index is 626. The molecule has 0 saturated carbocycles. The minimum Gasteiger partial charge on any atom is -0.383 e. The van der Waals surface area contributed by atoms with Gasteiger partial charge in [0.2, 0.25) is 5.95 Å². The number of aromatic nitrogens is 2. The third kappa shape index (κ3) is 2.38. The van der Waals surface area contributed by atoms with Gasteiger partial charge in [-0.2, -0.15) is 0 Å². The lowest BCUT2D eigenvalue weighted by Gasteiger charge is -2.12. The molecule has 7 heteroatoms. The molecule has 0 unspecified atom stereocenters. The highest BCUT2D eigenvalue weighted by atomic mass is 79.9. The summed E-state index contributed by atoms with van der Waals surface area (Å²) in [5.74, 6) is 5.72. The van der Waals surface area contributed by atoms with Gasteiger partial charge in [0.05, 0.1) is 24.1 Å². The summed E-state index contributed by atoms with van der Waals surface area (Å²) < 4.78 is 7.26.